The van der Waals surface area contributed by atoms with Gasteiger partial charge in [-0.05, 0) is 99.7 Å². The van der Waals surface area contributed by atoms with Crippen LogP contribution in [-0.2, 0) is 11.2 Å². The molecule has 0 N–H and O–H groups in total. The van der Waals surface area contributed by atoms with Gasteiger partial charge >= 0.3 is 5.97 Å². The number of ether oxygens (including phenoxy) is 1. The normalized spacial score (nSPS) is 26.2. The second-order valence-electron chi connectivity index (χ2n) is 11.7. The van der Waals surface area contributed by atoms with Crippen LogP contribution in [-0.4, -0.2) is 12.1 Å². The first-order valence-electron chi connectivity index (χ1n) is 14.9. The Balaban J connectivity index is 1.32. The first-order chi connectivity index (χ1) is 16.6. The van der Waals surface area contributed by atoms with Crippen LogP contribution in [0.4, 0.5) is 0 Å². The zero-order valence-corrected chi connectivity index (χ0v) is 22.5. The van der Waals surface area contributed by atoms with E-state index in [0.29, 0.717) is 5.56 Å². The van der Waals surface area contributed by atoms with Crippen molar-refractivity contribution in [2.24, 2.45) is 23.7 Å². The Morgan fingerprint density at radius 2 is 1.38 bits per heavy atom. The zero-order chi connectivity index (χ0) is 24.2. The van der Waals surface area contributed by atoms with E-state index in [1.807, 2.05) is 19.1 Å². The fourth-order valence-corrected chi connectivity index (χ4v) is 6.65. The van der Waals surface area contributed by atoms with Crippen LogP contribution in [0.1, 0.15) is 139 Å². The molecule has 1 unspecified atom stereocenters. The van der Waals surface area contributed by atoms with E-state index in [4.69, 9.17) is 4.74 Å². The van der Waals surface area contributed by atoms with Gasteiger partial charge < -0.3 is 4.74 Å². The number of carbonyl (C=O) groups is 1. The summed E-state index contributed by atoms with van der Waals surface area (Å²) in [6.45, 7) is 6.58. The summed E-state index contributed by atoms with van der Waals surface area (Å²) in [4.78, 5) is 12.4. The van der Waals surface area contributed by atoms with Crippen LogP contribution < -0.4 is 0 Å². The molecule has 2 nitrogen and oxygen atoms in total. The first-order valence-corrected chi connectivity index (χ1v) is 14.9. The van der Waals surface area contributed by atoms with Crippen molar-refractivity contribution in [1.82, 2.24) is 0 Å². The number of hydrogen-bond acceptors (Lipinski definition) is 2. The van der Waals surface area contributed by atoms with E-state index in [-0.39, 0.29) is 12.1 Å². The lowest BCUT2D eigenvalue weighted by Gasteiger charge is -2.38. The minimum absolute atomic E-state index is 0.00513. The van der Waals surface area contributed by atoms with E-state index in [9.17, 15) is 4.79 Å². The maximum atomic E-state index is 12.4. The Kier molecular flexibility index (Phi) is 12.0. The second kappa shape index (κ2) is 14.9. The van der Waals surface area contributed by atoms with E-state index in [1.165, 1.54) is 95.5 Å². The topological polar surface area (TPSA) is 26.3 Å². The summed E-state index contributed by atoms with van der Waals surface area (Å²) in [6, 6.07) is 8.21. The number of benzene rings is 1. The summed E-state index contributed by atoms with van der Waals surface area (Å²) in [7, 11) is 0. The largest absolute Gasteiger partial charge is 0.459 e. The molecule has 0 radical (unpaired) electrons. The average Bonchev–Trinajstić information content (AvgIpc) is 2.87. The minimum atomic E-state index is -0.170. The monoisotopic (exact) mass is 468 g/mol. The van der Waals surface area contributed by atoms with Crippen LogP contribution in [0.2, 0.25) is 0 Å². The first kappa shape index (κ1) is 27.3. The highest BCUT2D eigenvalue weighted by Gasteiger charge is 2.30. The van der Waals surface area contributed by atoms with Crippen molar-refractivity contribution in [1.29, 1.82) is 0 Å². The molecular formula is C32H52O2. The summed E-state index contributed by atoms with van der Waals surface area (Å²) in [6.07, 6.45) is 22.9. The van der Waals surface area contributed by atoms with Crippen molar-refractivity contribution in [3.8, 4) is 0 Å². The maximum Gasteiger partial charge on any atom is 0.338 e. The van der Waals surface area contributed by atoms with Gasteiger partial charge in [-0.2, -0.15) is 0 Å². The Hall–Kier alpha value is -1.31. The highest BCUT2D eigenvalue weighted by atomic mass is 16.5. The third kappa shape index (κ3) is 9.04. The molecule has 0 aromatic heterocycles. The summed E-state index contributed by atoms with van der Waals surface area (Å²) in [5.41, 5.74) is 2.05. The minimum Gasteiger partial charge on any atom is -0.459 e. The molecule has 192 valence electrons. The number of hydrogen-bond donors (Lipinski definition) is 0. The molecule has 1 atom stereocenters. The second-order valence-corrected chi connectivity index (χ2v) is 11.7. The van der Waals surface area contributed by atoms with E-state index in [1.54, 1.807) is 0 Å². The maximum absolute atomic E-state index is 12.4. The molecule has 0 amide bonds. The van der Waals surface area contributed by atoms with Gasteiger partial charge in [-0.1, -0.05) is 83.8 Å². The molecule has 1 aromatic rings. The van der Waals surface area contributed by atoms with Crippen LogP contribution in [0, 0.1) is 23.7 Å². The van der Waals surface area contributed by atoms with E-state index in [0.717, 1.165) is 42.9 Å². The molecule has 3 rings (SSSR count). The quantitative estimate of drug-likeness (QED) is 0.213. The summed E-state index contributed by atoms with van der Waals surface area (Å²) in [5, 5.41) is 0. The molecule has 0 heterocycles. The molecule has 0 bridgehead atoms. The molecule has 0 saturated heterocycles. The lowest BCUT2D eigenvalue weighted by Crippen LogP contribution is -2.26. The summed E-state index contributed by atoms with van der Waals surface area (Å²) in [5.74, 6) is 3.80. The SMILES string of the molecule is CCCCCCC(C)OC(=O)c1ccc(CCC2CCC(C3CCC(CCC)CC3)CC2)cc1. The van der Waals surface area contributed by atoms with Gasteiger partial charge in [0.15, 0.2) is 0 Å². The molecule has 1 aromatic carbocycles. The third-order valence-corrected chi connectivity index (χ3v) is 8.95. The molecular weight excluding hydrogens is 416 g/mol. The number of esters is 1. The lowest BCUT2D eigenvalue weighted by molar-refractivity contribution is 0.0319. The fourth-order valence-electron chi connectivity index (χ4n) is 6.65. The van der Waals surface area contributed by atoms with Crippen LogP contribution in [0.15, 0.2) is 24.3 Å². The summed E-state index contributed by atoms with van der Waals surface area (Å²) < 4.78 is 5.65. The van der Waals surface area contributed by atoms with Crippen molar-refractivity contribution < 1.29 is 9.53 Å². The molecule has 0 aliphatic heterocycles. The Bertz CT molecular complexity index is 677. The van der Waals surface area contributed by atoms with E-state index < -0.39 is 0 Å². The van der Waals surface area contributed by atoms with Gasteiger partial charge in [0.05, 0.1) is 11.7 Å². The molecule has 2 saturated carbocycles. The number of carbonyl (C=O) groups excluding carboxylic acids is 1. The number of rotatable bonds is 13. The van der Waals surface area contributed by atoms with Gasteiger partial charge in [-0.25, -0.2) is 4.79 Å². The van der Waals surface area contributed by atoms with Crippen LogP contribution in [0.5, 0.6) is 0 Å². The Morgan fingerprint density at radius 3 is 1.94 bits per heavy atom. The smallest absolute Gasteiger partial charge is 0.338 e. The number of aryl methyl sites for hydroxylation is 1. The summed E-state index contributed by atoms with van der Waals surface area (Å²) >= 11 is 0. The van der Waals surface area contributed by atoms with Gasteiger partial charge in [0.25, 0.3) is 0 Å². The van der Waals surface area contributed by atoms with Gasteiger partial charge in [0, 0.05) is 0 Å². The highest BCUT2D eigenvalue weighted by Crippen LogP contribution is 2.42. The predicted molar refractivity (Wildman–Crippen MR) is 144 cm³/mol. The Labute approximate surface area is 210 Å². The van der Waals surface area contributed by atoms with Crippen molar-refractivity contribution in [2.45, 2.75) is 136 Å². The van der Waals surface area contributed by atoms with Crippen LogP contribution >= 0.6 is 0 Å². The van der Waals surface area contributed by atoms with Crippen LogP contribution in [0.3, 0.4) is 0 Å². The number of unbranched alkanes of at least 4 members (excludes halogenated alkanes) is 3. The van der Waals surface area contributed by atoms with E-state index >= 15 is 0 Å². The van der Waals surface area contributed by atoms with Crippen molar-refractivity contribution in [2.75, 3.05) is 0 Å². The Morgan fingerprint density at radius 1 is 0.794 bits per heavy atom. The van der Waals surface area contributed by atoms with Crippen LogP contribution in [0.25, 0.3) is 0 Å². The van der Waals surface area contributed by atoms with Gasteiger partial charge in [-0.15, -0.1) is 0 Å². The molecule has 2 fully saturated rings. The van der Waals surface area contributed by atoms with E-state index in [2.05, 4.69) is 26.0 Å². The van der Waals surface area contributed by atoms with Gasteiger partial charge in [0.2, 0.25) is 0 Å². The highest BCUT2D eigenvalue weighted by molar-refractivity contribution is 5.89. The lowest BCUT2D eigenvalue weighted by atomic mass is 9.68. The van der Waals surface area contributed by atoms with Gasteiger partial charge in [-0.3, -0.25) is 0 Å². The predicted octanol–water partition coefficient (Wildman–Crippen LogP) is 9.55. The molecule has 2 heteroatoms. The van der Waals surface area contributed by atoms with Crippen molar-refractivity contribution in [3.05, 3.63) is 35.4 Å². The average molecular weight is 469 g/mol. The fraction of sp³-hybridized carbons (Fsp3) is 0.781. The van der Waals surface area contributed by atoms with Crippen molar-refractivity contribution in [3.63, 3.8) is 0 Å². The molecule has 0 spiro atoms. The third-order valence-electron chi connectivity index (χ3n) is 8.95. The zero-order valence-electron chi connectivity index (χ0n) is 22.5. The molecule has 2 aliphatic rings. The van der Waals surface area contributed by atoms with Crippen molar-refractivity contribution >= 4 is 5.97 Å². The molecule has 34 heavy (non-hydrogen) atoms. The van der Waals surface area contributed by atoms with Gasteiger partial charge in [0.1, 0.15) is 0 Å². The molecule has 2 aliphatic carbocycles. The standard InChI is InChI=1S/C32H52O2/c1-4-6-7-8-10-25(3)34-32(33)31-23-17-28(18-24-31)12-11-27-15-21-30(22-16-27)29-19-13-26(9-5-2)14-20-29/h17-18,23-27,29-30H,4-16,19-22H2,1-3H3.